The van der Waals surface area contributed by atoms with Crippen LogP contribution in [-0.2, 0) is 0 Å². The van der Waals surface area contributed by atoms with Gasteiger partial charge in [0.15, 0.2) is 0 Å². The summed E-state index contributed by atoms with van der Waals surface area (Å²) in [5.41, 5.74) is 0.720. The molecule has 4 nitrogen and oxygen atoms in total. The van der Waals surface area contributed by atoms with Gasteiger partial charge in [-0.1, -0.05) is 12.2 Å². The lowest BCUT2D eigenvalue weighted by Gasteiger charge is -2.19. The van der Waals surface area contributed by atoms with Crippen molar-refractivity contribution in [3.63, 3.8) is 0 Å². The van der Waals surface area contributed by atoms with Gasteiger partial charge < -0.3 is 10.2 Å². The molecular weight excluding hydrogens is 202 g/mol. The van der Waals surface area contributed by atoms with Crippen LogP contribution in [0.25, 0.3) is 0 Å². The van der Waals surface area contributed by atoms with E-state index in [1.54, 1.807) is 41.6 Å². The molecule has 0 aliphatic carbocycles. The highest BCUT2D eigenvalue weighted by atomic mass is 16.2. The van der Waals surface area contributed by atoms with Crippen LogP contribution >= 0.6 is 0 Å². The van der Waals surface area contributed by atoms with Crippen molar-refractivity contribution in [3.05, 3.63) is 49.8 Å². The van der Waals surface area contributed by atoms with E-state index >= 15 is 0 Å². The summed E-state index contributed by atoms with van der Waals surface area (Å²) in [7, 11) is 0. The first-order valence-electron chi connectivity index (χ1n) is 4.95. The fourth-order valence-corrected chi connectivity index (χ4v) is 1.19. The van der Waals surface area contributed by atoms with Gasteiger partial charge in [0, 0.05) is 31.2 Å². The Morgan fingerprint density at radius 3 is 2.38 bits per heavy atom. The number of nitrogens with zero attached hydrogens (tertiary/aromatic N) is 2. The van der Waals surface area contributed by atoms with E-state index in [0.29, 0.717) is 13.1 Å². The zero-order chi connectivity index (χ0) is 11.8. The molecule has 1 rings (SSSR count). The summed E-state index contributed by atoms with van der Waals surface area (Å²) in [6, 6.07) is 3.29. The molecule has 1 aromatic heterocycles. The van der Waals surface area contributed by atoms with Crippen LogP contribution in [0, 0.1) is 0 Å². The van der Waals surface area contributed by atoms with Gasteiger partial charge in [-0.3, -0.25) is 4.98 Å². The van der Waals surface area contributed by atoms with Gasteiger partial charge in [0.2, 0.25) is 0 Å². The van der Waals surface area contributed by atoms with Gasteiger partial charge in [-0.15, -0.1) is 13.2 Å². The zero-order valence-corrected chi connectivity index (χ0v) is 9.10. The molecule has 0 aliphatic heterocycles. The van der Waals surface area contributed by atoms with Crippen molar-refractivity contribution in [2.75, 3.05) is 18.4 Å². The number of pyridine rings is 1. The Hall–Kier alpha value is -2.10. The second-order valence-corrected chi connectivity index (χ2v) is 3.15. The number of carbonyl (C=O) groups excluding carboxylic acids is 1. The lowest BCUT2D eigenvalue weighted by Crippen LogP contribution is -2.35. The van der Waals surface area contributed by atoms with E-state index in [1.165, 1.54) is 0 Å². The SMILES string of the molecule is C=CCN(CC=C)C(=O)Nc1ccncc1. The van der Waals surface area contributed by atoms with Gasteiger partial charge in [0.05, 0.1) is 0 Å². The number of rotatable bonds is 5. The van der Waals surface area contributed by atoms with Crippen molar-refractivity contribution < 1.29 is 4.79 Å². The van der Waals surface area contributed by atoms with Gasteiger partial charge in [-0.2, -0.15) is 0 Å². The van der Waals surface area contributed by atoms with Crippen molar-refractivity contribution in [3.8, 4) is 0 Å². The van der Waals surface area contributed by atoms with Gasteiger partial charge in [0.25, 0.3) is 0 Å². The Morgan fingerprint density at radius 1 is 1.31 bits per heavy atom. The fraction of sp³-hybridized carbons (Fsp3) is 0.167. The number of amides is 2. The highest BCUT2D eigenvalue weighted by Crippen LogP contribution is 2.05. The predicted octanol–water partition coefficient (Wildman–Crippen LogP) is 2.29. The van der Waals surface area contributed by atoms with Crippen molar-refractivity contribution in [2.24, 2.45) is 0 Å². The normalized spacial score (nSPS) is 9.25. The summed E-state index contributed by atoms with van der Waals surface area (Å²) < 4.78 is 0. The maximum absolute atomic E-state index is 11.8. The van der Waals surface area contributed by atoms with Crippen LogP contribution in [0.2, 0.25) is 0 Å². The molecule has 1 heterocycles. The molecule has 16 heavy (non-hydrogen) atoms. The van der Waals surface area contributed by atoms with Crippen LogP contribution in [0.5, 0.6) is 0 Å². The number of anilines is 1. The molecule has 1 N–H and O–H groups in total. The Bertz CT molecular complexity index is 352. The van der Waals surface area contributed by atoms with E-state index in [9.17, 15) is 4.79 Å². The van der Waals surface area contributed by atoms with Crippen molar-refractivity contribution in [1.82, 2.24) is 9.88 Å². The Labute approximate surface area is 95.3 Å². The minimum atomic E-state index is -0.175. The molecule has 0 aromatic carbocycles. The number of hydrogen-bond acceptors (Lipinski definition) is 2. The maximum atomic E-state index is 11.8. The van der Waals surface area contributed by atoms with Crippen LogP contribution in [0.15, 0.2) is 49.8 Å². The Balaban J connectivity index is 2.61. The number of nitrogens with one attached hydrogen (secondary N) is 1. The molecule has 0 aliphatic rings. The fourth-order valence-electron chi connectivity index (χ4n) is 1.19. The molecule has 0 bridgehead atoms. The molecule has 84 valence electrons. The standard InChI is InChI=1S/C12H15N3O/c1-3-9-15(10-4-2)12(16)14-11-5-7-13-8-6-11/h3-8H,1-2,9-10H2,(H,13,14,16). The molecule has 0 fully saturated rings. The lowest BCUT2D eigenvalue weighted by molar-refractivity contribution is 0.222. The van der Waals surface area contributed by atoms with E-state index < -0.39 is 0 Å². The number of carbonyl (C=O) groups is 1. The van der Waals surface area contributed by atoms with Crippen LogP contribution < -0.4 is 5.32 Å². The van der Waals surface area contributed by atoms with Gasteiger partial charge in [-0.05, 0) is 12.1 Å². The van der Waals surface area contributed by atoms with Crippen molar-refractivity contribution in [1.29, 1.82) is 0 Å². The van der Waals surface area contributed by atoms with E-state index in [0.717, 1.165) is 5.69 Å². The van der Waals surface area contributed by atoms with Gasteiger partial charge >= 0.3 is 6.03 Å². The number of urea groups is 1. The average Bonchev–Trinajstić information content (AvgIpc) is 2.30. The van der Waals surface area contributed by atoms with E-state index in [2.05, 4.69) is 23.5 Å². The lowest BCUT2D eigenvalue weighted by atomic mass is 10.4. The smallest absolute Gasteiger partial charge is 0.317 e. The van der Waals surface area contributed by atoms with Crippen molar-refractivity contribution >= 4 is 11.7 Å². The largest absolute Gasteiger partial charge is 0.322 e. The highest BCUT2D eigenvalue weighted by molar-refractivity contribution is 5.89. The summed E-state index contributed by atoms with van der Waals surface area (Å²) >= 11 is 0. The minimum absolute atomic E-state index is 0.175. The number of aromatic nitrogens is 1. The minimum Gasteiger partial charge on any atom is -0.317 e. The third kappa shape index (κ3) is 3.57. The van der Waals surface area contributed by atoms with Crippen LogP contribution in [0.3, 0.4) is 0 Å². The molecule has 0 spiro atoms. The van der Waals surface area contributed by atoms with Gasteiger partial charge in [-0.25, -0.2) is 4.79 Å². The second-order valence-electron chi connectivity index (χ2n) is 3.15. The molecular formula is C12H15N3O. The summed E-state index contributed by atoms with van der Waals surface area (Å²) in [6.45, 7) is 8.19. The summed E-state index contributed by atoms with van der Waals surface area (Å²) in [6.07, 6.45) is 6.60. The maximum Gasteiger partial charge on any atom is 0.322 e. The van der Waals surface area contributed by atoms with E-state index in [4.69, 9.17) is 0 Å². The molecule has 0 atom stereocenters. The first kappa shape index (κ1) is 12.0. The zero-order valence-electron chi connectivity index (χ0n) is 9.10. The molecule has 0 radical (unpaired) electrons. The molecule has 0 saturated carbocycles. The average molecular weight is 217 g/mol. The third-order valence-electron chi connectivity index (χ3n) is 1.92. The van der Waals surface area contributed by atoms with Crippen molar-refractivity contribution in [2.45, 2.75) is 0 Å². The molecule has 4 heteroatoms. The summed E-state index contributed by atoms with van der Waals surface area (Å²) in [5.74, 6) is 0. The topological polar surface area (TPSA) is 45.2 Å². The number of hydrogen-bond donors (Lipinski definition) is 1. The first-order chi connectivity index (χ1) is 7.77. The Morgan fingerprint density at radius 2 is 1.88 bits per heavy atom. The molecule has 0 unspecified atom stereocenters. The summed E-state index contributed by atoms with van der Waals surface area (Å²) in [4.78, 5) is 17.3. The van der Waals surface area contributed by atoms with Crippen LogP contribution in [0.4, 0.5) is 10.5 Å². The van der Waals surface area contributed by atoms with Crippen LogP contribution in [-0.4, -0.2) is 29.0 Å². The predicted molar refractivity (Wildman–Crippen MR) is 65.2 cm³/mol. The molecule has 2 amide bonds. The highest BCUT2D eigenvalue weighted by Gasteiger charge is 2.09. The third-order valence-corrected chi connectivity index (χ3v) is 1.92. The Kier molecular flexibility index (Phi) is 4.79. The molecule has 0 saturated heterocycles. The quantitative estimate of drug-likeness (QED) is 0.769. The van der Waals surface area contributed by atoms with Gasteiger partial charge in [0.1, 0.15) is 0 Å². The second kappa shape index (κ2) is 6.40. The van der Waals surface area contributed by atoms with E-state index in [-0.39, 0.29) is 6.03 Å². The van der Waals surface area contributed by atoms with Crippen LogP contribution in [0.1, 0.15) is 0 Å². The molecule has 1 aromatic rings. The summed E-state index contributed by atoms with van der Waals surface area (Å²) in [5, 5.41) is 2.76. The monoisotopic (exact) mass is 217 g/mol. The van der Waals surface area contributed by atoms with E-state index in [1.807, 2.05) is 0 Å². The first-order valence-corrected chi connectivity index (χ1v) is 4.95.